The molecular weight excluding hydrogens is 328 g/mol. The Balaban J connectivity index is 1.60. The molecule has 1 aliphatic carbocycles. The first kappa shape index (κ1) is 16.3. The van der Waals surface area contributed by atoms with Crippen molar-refractivity contribution in [3.63, 3.8) is 0 Å². The lowest BCUT2D eigenvalue weighted by atomic mass is 9.92. The molecule has 1 amide bonds. The summed E-state index contributed by atoms with van der Waals surface area (Å²) < 4.78 is 5.83. The fourth-order valence-corrected chi connectivity index (χ4v) is 2.98. The van der Waals surface area contributed by atoms with Crippen LogP contribution in [-0.2, 0) is 0 Å². The lowest BCUT2D eigenvalue weighted by molar-refractivity contribution is 0.0918. The van der Waals surface area contributed by atoms with Gasteiger partial charge in [0.2, 0.25) is 11.8 Å². The number of hydrogen-bond acceptors (Lipinski definition) is 5. The number of fused-ring (bicyclic) bond motifs is 1. The maximum atomic E-state index is 12.5. The van der Waals surface area contributed by atoms with E-state index in [1.54, 1.807) is 19.3 Å². The van der Waals surface area contributed by atoms with E-state index in [1.165, 1.54) is 6.42 Å². The number of amides is 1. The molecule has 6 heteroatoms. The third kappa shape index (κ3) is 3.31. The second-order valence-corrected chi connectivity index (χ2v) is 6.36. The van der Waals surface area contributed by atoms with E-state index in [-0.39, 0.29) is 5.91 Å². The van der Waals surface area contributed by atoms with Gasteiger partial charge >= 0.3 is 0 Å². The molecule has 2 aromatic carbocycles. The lowest BCUT2D eigenvalue weighted by Gasteiger charge is -2.26. The van der Waals surface area contributed by atoms with Crippen LogP contribution >= 0.6 is 0 Å². The van der Waals surface area contributed by atoms with Crippen molar-refractivity contribution in [1.82, 2.24) is 15.3 Å². The monoisotopic (exact) mass is 348 g/mol. The second-order valence-electron chi connectivity index (χ2n) is 6.36. The van der Waals surface area contributed by atoms with Gasteiger partial charge in [-0.1, -0.05) is 12.1 Å². The molecule has 132 valence electrons. The number of ether oxygens (including phenoxy) is 1. The van der Waals surface area contributed by atoms with Crippen LogP contribution in [0.2, 0.25) is 0 Å². The van der Waals surface area contributed by atoms with E-state index < -0.39 is 0 Å². The molecule has 1 heterocycles. The quantitative estimate of drug-likeness (QED) is 0.734. The highest BCUT2D eigenvalue weighted by Gasteiger charge is 2.21. The fraction of sp³-hybridized carbons (Fsp3) is 0.250. The van der Waals surface area contributed by atoms with Crippen molar-refractivity contribution in [3.05, 3.63) is 54.2 Å². The summed E-state index contributed by atoms with van der Waals surface area (Å²) in [5.74, 6) is 1.61. The van der Waals surface area contributed by atoms with E-state index in [0.717, 1.165) is 23.6 Å². The molecule has 26 heavy (non-hydrogen) atoms. The molecule has 6 nitrogen and oxygen atoms in total. The van der Waals surface area contributed by atoms with E-state index in [1.807, 2.05) is 36.4 Å². The first-order valence-corrected chi connectivity index (χ1v) is 8.75. The van der Waals surface area contributed by atoms with Gasteiger partial charge in [0.25, 0.3) is 5.91 Å². The highest BCUT2D eigenvalue weighted by atomic mass is 16.5. The third-order valence-electron chi connectivity index (χ3n) is 4.61. The molecule has 0 atom stereocenters. The molecule has 2 N–H and O–H groups in total. The molecule has 0 bridgehead atoms. The largest absolute Gasteiger partial charge is 0.439 e. The number of benzene rings is 2. The summed E-state index contributed by atoms with van der Waals surface area (Å²) in [5.41, 5.74) is 0.695. The van der Waals surface area contributed by atoms with Crippen LogP contribution in [0.5, 0.6) is 11.6 Å². The van der Waals surface area contributed by atoms with Crippen molar-refractivity contribution in [3.8, 4) is 11.6 Å². The van der Waals surface area contributed by atoms with E-state index in [4.69, 9.17) is 4.74 Å². The second kappa shape index (κ2) is 7.00. The zero-order valence-corrected chi connectivity index (χ0v) is 14.5. The number of nitrogens with zero attached hydrogens (tertiary/aromatic N) is 2. The summed E-state index contributed by atoms with van der Waals surface area (Å²) in [6, 6.07) is 13.4. The van der Waals surface area contributed by atoms with Gasteiger partial charge in [-0.2, -0.15) is 4.98 Å². The van der Waals surface area contributed by atoms with Crippen LogP contribution in [0.15, 0.2) is 48.7 Å². The average Bonchev–Trinajstić information content (AvgIpc) is 2.64. The van der Waals surface area contributed by atoms with Gasteiger partial charge in [0, 0.05) is 30.9 Å². The Morgan fingerprint density at radius 2 is 2.08 bits per heavy atom. The molecule has 0 radical (unpaired) electrons. The van der Waals surface area contributed by atoms with Crippen LogP contribution in [0.1, 0.15) is 29.6 Å². The molecule has 0 saturated heterocycles. The smallest absolute Gasteiger partial charge is 0.252 e. The molecule has 4 rings (SSSR count). The zero-order valence-electron chi connectivity index (χ0n) is 14.5. The topological polar surface area (TPSA) is 76.1 Å². The SMILES string of the molecule is CNc1nccc(Oc2ccc3c(C(=O)NC4CCC4)cccc3c2)n1. The Hall–Kier alpha value is -3.15. The van der Waals surface area contributed by atoms with E-state index in [0.29, 0.717) is 29.2 Å². The molecule has 0 aliphatic heterocycles. The molecule has 1 aromatic heterocycles. The molecule has 0 spiro atoms. The third-order valence-corrected chi connectivity index (χ3v) is 4.61. The van der Waals surface area contributed by atoms with Gasteiger partial charge in [0.15, 0.2) is 0 Å². The van der Waals surface area contributed by atoms with Gasteiger partial charge in [-0.25, -0.2) is 4.98 Å². The summed E-state index contributed by atoms with van der Waals surface area (Å²) in [7, 11) is 1.76. The maximum Gasteiger partial charge on any atom is 0.252 e. The minimum absolute atomic E-state index is 0.0107. The predicted molar refractivity (Wildman–Crippen MR) is 101 cm³/mol. The highest BCUT2D eigenvalue weighted by molar-refractivity contribution is 6.07. The minimum Gasteiger partial charge on any atom is -0.439 e. The summed E-state index contributed by atoms with van der Waals surface area (Å²) in [5, 5.41) is 7.84. The molecular formula is C20H20N4O2. The number of aromatic nitrogens is 2. The van der Waals surface area contributed by atoms with E-state index in [9.17, 15) is 4.79 Å². The Kier molecular flexibility index (Phi) is 4.39. The van der Waals surface area contributed by atoms with E-state index in [2.05, 4.69) is 20.6 Å². The number of rotatable bonds is 5. The Labute approximate surface area is 151 Å². The van der Waals surface area contributed by atoms with Crippen LogP contribution in [0, 0.1) is 0 Å². The molecule has 0 unspecified atom stereocenters. The normalized spacial score (nSPS) is 13.9. The number of nitrogens with one attached hydrogen (secondary N) is 2. The van der Waals surface area contributed by atoms with Crippen molar-refractivity contribution in [1.29, 1.82) is 0 Å². The van der Waals surface area contributed by atoms with Gasteiger partial charge in [0.05, 0.1) is 0 Å². The summed E-state index contributed by atoms with van der Waals surface area (Å²) in [4.78, 5) is 20.9. The van der Waals surface area contributed by atoms with Crippen LogP contribution < -0.4 is 15.4 Å². The predicted octanol–water partition coefficient (Wildman–Crippen LogP) is 3.75. The van der Waals surface area contributed by atoms with Gasteiger partial charge < -0.3 is 15.4 Å². The number of hydrogen-bond donors (Lipinski definition) is 2. The molecule has 1 fully saturated rings. The summed E-state index contributed by atoms with van der Waals surface area (Å²) in [6.07, 6.45) is 4.97. The van der Waals surface area contributed by atoms with Gasteiger partial charge in [0.1, 0.15) is 5.75 Å². The van der Waals surface area contributed by atoms with Gasteiger partial charge in [-0.15, -0.1) is 0 Å². The van der Waals surface area contributed by atoms with Crippen molar-refractivity contribution >= 4 is 22.6 Å². The maximum absolute atomic E-state index is 12.5. The highest BCUT2D eigenvalue weighted by Crippen LogP contribution is 2.27. The fourth-order valence-electron chi connectivity index (χ4n) is 2.98. The van der Waals surface area contributed by atoms with Gasteiger partial charge in [-0.05, 0) is 54.3 Å². The van der Waals surface area contributed by atoms with Gasteiger partial charge in [-0.3, -0.25) is 4.79 Å². The van der Waals surface area contributed by atoms with Crippen LogP contribution in [0.25, 0.3) is 10.8 Å². The molecule has 3 aromatic rings. The first-order chi connectivity index (χ1) is 12.7. The Morgan fingerprint density at radius 3 is 2.85 bits per heavy atom. The summed E-state index contributed by atoms with van der Waals surface area (Å²) >= 11 is 0. The summed E-state index contributed by atoms with van der Waals surface area (Å²) in [6.45, 7) is 0. The van der Waals surface area contributed by atoms with Crippen molar-refractivity contribution in [2.75, 3.05) is 12.4 Å². The van der Waals surface area contributed by atoms with Crippen molar-refractivity contribution < 1.29 is 9.53 Å². The standard InChI is InChI=1S/C20H20N4O2/c1-21-20-22-11-10-18(24-20)26-15-8-9-16-13(12-15)4-2-7-17(16)19(25)23-14-5-3-6-14/h2,4,7-12,14H,3,5-6H2,1H3,(H,23,25)(H,21,22,24). The zero-order chi connectivity index (χ0) is 17.9. The van der Waals surface area contributed by atoms with Crippen molar-refractivity contribution in [2.24, 2.45) is 0 Å². The lowest BCUT2D eigenvalue weighted by Crippen LogP contribution is -2.39. The number of anilines is 1. The van der Waals surface area contributed by atoms with Crippen LogP contribution in [0.4, 0.5) is 5.95 Å². The minimum atomic E-state index is -0.0107. The average molecular weight is 348 g/mol. The number of carbonyl (C=O) groups is 1. The number of carbonyl (C=O) groups excluding carboxylic acids is 1. The Morgan fingerprint density at radius 1 is 1.19 bits per heavy atom. The van der Waals surface area contributed by atoms with Crippen molar-refractivity contribution in [2.45, 2.75) is 25.3 Å². The van der Waals surface area contributed by atoms with Crippen LogP contribution in [-0.4, -0.2) is 29.0 Å². The molecule has 1 saturated carbocycles. The molecule has 1 aliphatic rings. The van der Waals surface area contributed by atoms with Crippen LogP contribution in [0.3, 0.4) is 0 Å². The van der Waals surface area contributed by atoms with E-state index >= 15 is 0 Å². The first-order valence-electron chi connectivity index (χ1n) is 8.75. The Bertz CT molecular complexity index is 953.